The number of hydrogen-bond acceptors (Lipinski definition) is 3. The largest absolute Gasteiger partial charge is 0.495 e. The lowest BCUT2D eigenvalue weighted by Crippen LogP contribution is -2.05. The molecule has 0 N–H and O–H groups in total. The number of ketones is 1. The Labute approximate surface area is 107 Å². The third-order valence-electron chi connectivity index (χ3n) is 2.48. The summed E-state index contributed by atoms with van der Waals surface area (Å²) in [6.07, 6.45) is -0.180. The fourth-order valence-electron chi connectivity index (χ4n) is 1.60. The zero-order valence-corrected chi connectivity index (χ0v) is 10.4. The van der Waals surface area contributed by atoms with Crippen LogP contribution >= 0.6 is 11.3 Å². The molecule has 1 heterocycles. The molecule has 0 spiro atoms. The lowest BCUT2D eigenvalue weighted by atomic mass is 10.1. The first-order chi connectivity index (χ1) is 8.63. The minimum Gasteiger partial charge on any atom is -0.495 e. The van der Waals surface area contributed by atoms with E-state index in [1.54, 1.807) is 11.4 Å². The molecule has 2 aromatic rings. The molecule has 5 heteroatoms. The maximum absolute atomic E-state index is 13.4. The zero-order chi connectivity index (χ0) is 13.1. The molecule has 1 aromatic carbocycles. The second-order valence-electron chi connectivity index (χ2n) is 3.63. The van der Waals surface area contributed by atoms with E-state index in [9.17, 15) is 13.6 Å². The summed E-state index contributed by atoms with van der Waals surface area (Å²) in [5.41, 5.74) is 0.0513. The number of thiophene rings is 1. The van der Waals surface area contributed by atoms with Gasteiger partial charge in [-0.1, -0.05) is 12.1 Å². The molecule has 0 amide bonds. The molecule has 2 rings (SSSR count). The van der Waals surface area contributed by atoms with Gasteiger partial charge in [0, 0.05) is 6.42 Å². The summed E-state index contributed by atoms with van der Waals surface area (Å²) in [4.78, 5) is 12.4. The van der Waals surface area contributed by atoms with Crippen molar-refractivity contribution in [3.63, 3.8) is 0 Å². The monoisotopic (exact) mass is 268 g/mol. The quantitative estimate of drug-likeness (QED) is 0.794. The van der Waals surface area contributed by atoms with Gasteiger partial charge in [-0.2, -0.15) is 0 Å². The van der Waals surface area contributed by atoms with Crippen molar-refractivity contribution in [3.8, 4) is 5.75 Å². The fraction of sp³-hybridized carbons (Fsp3) is 0.154. The highest BCUT2D eigenvalue weighted by Crippen LogP contribution is 2.26. The Morgan fingerprint density at radius 3 is 2.83 bits per heavy atom. The van der Waals surface area contributed by atoms with E-state index in [0.717, 1.165) is 6.07 Å². The van der Waals surface area contributed by atoms with Crippen LogP contribution in [0.15, 0.2) is 29.6 Å². The van der Waals surface area contributed by atoms with Gasteiger partial charge in [0.1, 0.15) is 10.6 Å². The van der Waals surface area contributed by atoms with Crippen molar-refractivity contribution in [2.75, 3.05) is 7.11 Å². The normalized spacial score (nSPS) is 10.4. The van der Waals surface area contributed by atoms with E-state index in [4.69, 9.17) is 4.74 Å². The molecule has 18 heavy (non-hydrogen) atoms. The second-order valence-corrected chi connectivity index (χ2v) is 4.55. The number of halogens is 2. The van der Waals surface area contributed by atoms with Gasteiger partial charge in [0.2, 0.25) is 0 Å². The Hall–Kier alpha value is -1.75. The van der Waals surface area contributed by atoms with E-state index in [0.29, 0.717) is 10.6 Å². The fourth-order valence-corrected chi connectivity index (χ4v) is 2.40. The van der Waals surface area contributed by atoms with Crippen molar-refractivity contribution < 1.29 is 18.3 Å². The SMILES string of the molecule is COc1ccsc1C(=O)Cc1cccc(F)c1F. The molecular weight excluding hydrogens is 258 g/mol. The lowest BCUT2D eigenvalue weighted by molar-refractivity contribution is 0.0993. The average Bonchev–Trinajstić information content (AvgIpc) is 2.83. The maximum Gasteiger partial charge on any atom is 0.181 e. The van der Waals surface area contributed by atoms with Crippen molar-refractivity contribution in [3.05, 3.63) is 51.7 Å². The van der Waals surface area contributed by atoms with Crippen LogP contribution in [-0.2, 0) is 6.42 Å². The number of benzene rings is 1. The van der Waals surface area contributed by atoms with Crippen molar-refractivity contribution in [2.45, 2.75) is 6.42 Å². The van der Waals surface area contributed by atoms with E-state index in [1.807, 2.05) is 0 Å². The molecule has 0 saturated heterocycles. The molecule has 1 aromatic heterocycles. The molecule has 0 unspecified atom stereocenters. The highest BCUT2D eigenvalue weighted by atomic mass is 32.1. The van der Waals surface area contributed by atoms with Gasteiger partial charge in [-0.05, 0) is 23.1 Å². The van der Waals surface area contributed by atoms with E-state index in [-0.39, 0.29) is 17.8 Å². The predicted octanol–water partition coefficient (Wildman–Crippen LogP) is 3.46. The van der Waals surface area contributed by atoms with E-state index in [1.165, 1.54) is 30.6 Å². The summed E-state index contributed by atoms with van der Waals surface area (Å²) in [5, 5.41) is 1.72. The number of methoxy groups -OCH3 is 1. The smallest absolute Gasteiger partial charge is 0.181 e. The number of carbonyl (C=O) groups excluding carboxylic acids is 1. The van der Waals surface area contributed by atoms with E-state index >= 15 is 0 Å². The highest BCUT2D eigenvalue weighted by Gasteiger charge is 2.17. The molecule has 0 atom stereocenters. The Balaban J connectivity index is 2.24. The van der Waals surface area contributed by atoms with Gasteiger partial charge in [0.05, 0.1) is 7.11 Å². The van der Waals surface area contributed by atoms with Crippen LogP contribution in [0.2, 0.25) is 0 Å². The summed E-state index contributed by atoms with van der Waals surface area (Å²) in [6.45, 7) is 0. The third kappa shape index (κ3) is 2.41. The van der Waals surface area contributed by atoms with Gasteiger partial charge in [0.25, 0.3) is 0 Å². The molecule has 0 bridgehead atoms. The zero-order valence-electron chi connectivity index (χ0n) is 9.57. The van der Waals surface area contributed by atoms with Gasteiger partial charge in [-0.25, -0.2) is 8.78 Å². The van der Waals surface area contributed by atoms with Gasteiger partial charge in [0.15, 0.2) is 17.4 Å². The Morgan fingerprint density at radius 1 is 1.33 bits per heavy atom. The molecule has 2 nitrogen and oxygen atoms in total. The molecule has 0 aliphatic carbocycles. The van der Waals surface area contributed by atoms with Crippen LogP contribution in [-0.4, -0.2) is 12.9 Å². The Morgan fingerprint density at radius 2 is 2.11 bits per heavy atom. The van der Waals surface area contributed by atoms with Crippen molar-refractivity contribution >= 4 is 17.1 Å². The predicted molar refractivity (Wildman–Crippen MR) is 65.3 cm³/mol. The van der Waals surface area contributed by atoms with Gasteiger partial charge in [-0.3, -0.25) is 4.79 Å². The summed E-state index contributed by atoms with van der Waals surface area (Å²) in [7, 11) is 1.46. The average molecular weight is 268 g/mol. The van der Waals surface area contributed by atoms with Crippen LogP contribution in [0.5, 0.6) is 5.75 Å². The van der Waals surface area contributed by atoms with Gasteiger partial charge >= 0.3 is 0 Å². The molecule has 0 aliphatic heterocycles. The van der Waals surface area contributed by atoms with Gasteiger partial charge in [-0.15, -0.1) is 11.3 Å². The standard InChI is InChI=1S/C13H10F2O2S/c1-17-11-5-6-18-13(11)10(16)7-8-3-2-4-9(14)12(8)15/h2-6H,7H2,1H3. The van der Waals surface area contributed by atoms with Crippen molar-refractivity contribution in [1.82, 2.24) is 0 Å². The third-order valence-corrected chi connectivity index (χ3v) is 3.42. The number of Topliss-reactive ketones (excluding diaryl/α,β-unsaturated/α-hetero) is 1. The van der Waals surface area contributed by atoms with Crippen molar-refractivity contribution in [2.24, 2.45) is 0 Å². The number of carbonyl (C=O) groups is 1. The second kappa shape index (κ2) is 5.27. The summed E-state index contributed by atoms with van der Waals surface area (Å²) >= 11 is 1.22. The molecule has 0 aliphatic rings. The van der Waals surface area contributed by atoms with Gasteiger partial charge < -0.3 is 4.74 Å². The van der Waals surface area contributed by atoms with Crippen LogP contribution in [0.3, 0.4) is 0 Å². The van der Waals surface area contributed by atoms with Crippen LogP contribution in [0.25, 0.3) is 0 Å². The van der Waals surface area contributed by atoms with E-state index < -0.39 is 11.6 Å². The minimum absolute atomic E-state index is 0.0513. The first kappa shape index (κ1) is 12.7. The van der Waals surface area contributed by atoms with E-state index in [2.05, 4.69) is 0 Å². The minimum atomic E-state index is -0.971. The Bertz CT molecular complexity index is 578. The summed E-state index contributed by atoms with van der Waals surface area (Å²) in [5.74, 6) is -1.74. The number of rotatable bonds is 4. The van der Waals surface area contributed by atoms with Crippen LogP contribution in [0.4, 0.5) is 8.78 Å². The summed E-state index contributed by atoms with van der Waals surface area (Å²) in [6, 6.07) is 5.47. The maximum atomic E-state index is 13.4. The molecule has 0 fully saturated rings. The topological polar surface area (TPSA) is 26.3 Å². The van der Waals surface area contributed by atoms with Crippen LogP contribution in [0.1, 0.15) is 15.2 Å². The van der Waals surface area contributed by atoms with Crippen LogP contribution in [0, 0.1) is 11.6 Å². The molecule has 0 radical (unpaired) electrons. The number of hydrogen-bond donors (Lipinski definition) is 0. The molecular formula is C13H10F2O2S. The van der Waals surface area contributed by atoms with Crippen molar-refractivity contribution in [1.29, 1.82) is 0 Å². The first-order valence-corrected chi connectivity index (χ1v) is 6.09. The van der Waals surface area contributed by atoms with Crippen LogP contribution < -0.4 is 4.74 Å². The lowest BCUT2D eigenvalue weighted by Gasteiger charge is -2.04. The summed E-state index contributed by atoms with van der Waals surface area (Å²) < 4.78 is 31.5. The first-order valence-electron chi connectivity index (χ1n) is 5.21. The Kier molecular flexibility index (Phi) is 3.72. The highest BCUT2D eigenvalue weighted by molar-refractivity contribution is 7.12. The molecule has 0 saturated carbocycles. The molecule has 94 valence electrons. The number of ether oxygens (including phenoxy) is 1.